The van der Waals surface area contributed by atoms with Gasteiger partial charge in [-0.3, -0.25) is 4.79 Å². The topological polar surface area (TPSA) is 95.9 Å². The molecule has 0 bridgehead atoms. The van der Waals surface area contributed by atoms with E-state index in [4.69, 9.17) is 19.1 Å². The Labute approximate surface area is 93.8 Å². The lowest BCUT2D eigenvalue weighted by atomic mass is 10.2. The molecule has 0 aliphatic carbocycles. The fourth-order valence-corrected chi connectivity index (χ4v) is 0.887. The second-order valence-corrected chi connectivity index (χ2v) is 3.07. The van der Waals surface area contributed by atoms with Gasteiger partial charge >= 0.3 is 8.25 Å². The summed E-state index contributed by atoms with van der Waals surface area (Å²) in [4.78, 5) is 25.3. The number of benzene rings is 1. The third-order valence-corrected chi connectivity index (χ3v) is 1.58. The zero-order valence-electron chi connectivity index (χ0n) is 8.88. The molecule has 1 aromatic rings. The van der Waals surface area contributed by atoms with Crippen LogP contribution in [-0.2, 0) is 4.57 Å². The van der Waals surface area contributed by atoms with E-state index in [1.165, 1.54) is 0 Å². The zero-order valence-corrected chi connectivity index (χ0v) is 9.77. The van der Waals surface area contributed by atoms with Crippen LogP contribution in [0.25, 0.3) is 0 Å². The van der Waals surface area contributed by atoms with Gasteiger partial charge < -0.3 is 10.1 Å². The zero-order chi connectivity index (χ0) is 12.6. The molecule has 3 N–H and O–H groups in total. The second-order valence-electron chi connectivity index (χ2n) is 2.56. The summed E-state index contributed by atoms with van der Waals surface area (Å²) in [6.45, 7) is 0. The predicted octanol–water partition coefficient (Wildman–Crippen LogP) is 0.683. The van der Waals surface area contributed by atoms with Gasteiger partial charge in [-0.25, -0.2) is 0 Å². The maximum atomic E-state index is 11.1. The minimum atomic E-state index is -2.87. The molecule has 0 saturated carbocycles. The minimum absolute atomic E-state index is 0.0855. The van der Waals surface area contributed by atoms with Crippen molar-refractivity contribution < 1.29 is 23.9 Å². The Morgan fingerprint density at radius 2 is 1.75 bits per heavy atom. The van der Waals surface area contributed by atoms with Gasteiger partial charge in [-0.2, -0.15) is 0 Å². The molecule has 16 heavy (non-hydrogen) atoms. The average molecular weight is 246 g/mol. The molecular weight excluding hydrogens is 233 g/mol. The summed E-state index contributed by atoms with van der Waals surface area (Å²) in [5.41, 5.74) is 0.637. The Balaban J connectivity index is 0.000000487. The van der Waals surface area contributed by atoms with Gasteiger partial charge in [-0.1, -0.05) is 0 Å². The molecule has 0 heterocycles. The number of hydrogen-bond donors (Lipinski definition) is 3. The van der Waals surface area contributed by atoms with Crippen LogP contribution in [0.5, 0.6) is 5.75 Å². The molecule has 0 aliphatic rings. The van der Waals surface area contributed by atoms with Gasteiger partial charge in [-0.05, 0) is 24.3 Å². The fourth-order valence-electron chi connectivity index (χ4n) is 0.887. The summed E-state index contributed by atoms with van der Waals surface area (Å²) in [5, 5.41) is 2.54. The van der Waals surface area contributed by atoms with Gasteiger partial charge in [0.05, 0.1) is 7.11 Å². The smallest absolute Gasteiger partial charge is 0.497 e. The summed E-state index contributed by atoms with van der Waals surface area (Å²) < 4.78 is 13.7. The van der Waals surface area contributed by atoms with Crippen LogP contribution < -0.4 is 10.1 Å². The Morgan fingerprint density at radius 1 is 1.31 bits per heavy atom. The van der Waals surface area contributed by atoms with Crippen molar-refractivity contribution in [2.75, 3.05) is 14.2 Å². The molecule has 1 aromatic carbocycles. The molecule has 0 spiro atoms. The van der Waals surface area contributed by atoms with Gasteiger partial charge in [0.2, 0.25) is 0 Å². The first-order chi connectivity index (χ1) is 7.51. The number of ether oxygens (including phenoxy) is 1. The van der Waals surface area contributed by atoms with Gasteiger partial charge in [0, 0.05) is 17.2 Å². The SMILES string of the molecule is CNC(=O)c1ccc(OC)cc1.O=[P+](O)O. The molecule has 7 heteroatoms. The van der Waals surface area contributed by atoms with E-state index in [1.54, 1.807) is 38.4 Å². The molecule has 1 amide bonds. The van der Waals surface area contributed by atoms with E-state index in [9.17, 15) is 4.79 Å². The van der Waals surface area contributed by atoms with Crippen LogP contribution in [0.2, 0.25) is 0 Å². The van der Waals surface area contributed by atoms with E-state index in [2.05, 4.69) is 5.32 Å². The van der Waals surface area contributed by atoms with Crippen molar-refractivity contribution >= 4 is 14.2 Å². The second kappa shape index (κ2) is 7.76. The molecule has 0 fully saturated rings. The maximum absolute atomic E-state index is 11.1. The van der Waals surface area contributed by atoms with Gasteiger partial charge in [0.1, 0.15) is 5.75 Å². The van der Waals surface area contributed by atoms with Crippen molar-refractivity contribution in [1.29, 1.82) is 0 Å². The van der Waals surface area contributed by atoms with Crippen LogP contribution in [0.3, 0.4) is 0 Å². The standard InChI is InChI=1S/C9H11NO2.HO3P/c1-10-9(11)7-3-5-8(12-2)6-4-7;1-4(2)3/h3-6H,1-2H3,(H,10,11);(H-,1,2,3)/p+1. The Kier molecular flexibility index (Phi) is 7.03. The molecule has 0 aromatic heterocycles. The lowest BCUT2D eigenvalue weighted by molar-refractivity contribution is 0.0963. The molecule has 6 nitrogen and oxygen atoms in total. The maximum Gasteiger partial charge on any atom is 0.692 e. The Hall–Kier alpha value is -1.49. The molecule has 88 valence electrons. The van der Waals surface area contributed by atoms with Crippen LogP contribution in [-0.4, -0.2) is 29.9 Å². The van der Waals surface area contributed by atoms with Crippen LogP contribution in [0.4, 0.5) is 0 Å². The number of carbonyl (C=O) groups is 1. The number of amides is 1. The summed E-state index contributed by atoms with van der Waals surface area (Å²) in [5.74, 6) is 0.667. The monoisotopic (exact) mass is 246 g/mol. The van der Waals surface area contributed by atoms with Crippen molar-refractivity contribution in [3.05, 3.63) is 29.8 Å². The first-order valence-corrected chi connectivity index (χ1v) is 5.39. The van der Waals surface area contributed by atoms with Crippen molar-refractivity contribution in [2.24, 2.45) is 0 Å². The van der Waals surface area contributed by atoms with Gasteiger partial charge in [0.25, 0.3) is 5.91 Å². The van der Waals surface area contributed by atoms with Crippen molar-refractivity contribution in [3.63, 3.8) is 0 Å². The largest absolute Gasteiger partial charge is 0.692 e. The van der Waals surface area contributed by atoms with Crippen LogP contribution in [0.15, 0.2) is 24.3 Å². The average Bonchev–Trinajstić information content (AvgIpc) is 2.27. The normalized spacial score (nSPS) is 8.50. The van der Waals surface area contributed by atoms with Gasteiger partial charge in [-0.15, -0.1) is 9.79 Å². The predicted molar refractivity (Wildman–Crippen MR) is 58.4 cm³/mol. The van der Waals surface area contributed by atoms with E-state index in [-0.39, 0.29) is 5.91 Å². The molecule has 0 unspecified atom stereocenters. The molecule has 0 saturated heterocycles. The van der Waals surface area contributed by atoms with E-state index in [1.807, 2.05) is 0 Å². The van der Waals surface area contributed by atoms with Crippen LogP contribution in [0.1, 0.15) is 10.4 Å². The highest BCUT2D eigenvalue weighted by Gasteiger charge is 2.01. The summed E-state index contributed by atoms with van der Waals surface area (Å²) in [6, 6.07) is 6.95. The third kappa shape index (κ3) is 6.08. The van der Waals surface area contributed by atoms with Crippen molar-refractivity contribution in [1.82, 2.24) is 5.32 Å². The first-order valence-electron chi connectivity index (χ1n) is 4.22. The van der Waals surface area contributed by atoms with E-state index in [0.29, 0.717) is 5.56 Å². The first kappa shape index (κ1) is 14.5. The molecule has 0 radical (unpaired) electrons. The number of nitrogens with one attached hydrogen (secondary N) is 1. The van der Waals surface area contributed by atoms with Gasteiger partial charge in [0.15, 0.2) is 0 Å². The molecule has 1 rings (SSSR count). The molecule has 0 aliphatic heterocycles. The van der Waals surface area contributed by atoms with Crippen molar-refractivity contribution in [3.8, 4) is 5.75 Å². The lowest BCUT2D eigenvalue weighted by Gasteiger charge is -2.01. The number of methoxy groups -OCH3 is 1. The Morgan fingerprint density at radius 3 is 2.06 bits per heavy atom. The van der Waals surface area contributed by atoms with E-state index in [0.717, 1.165) is 5.75 Å². The van der Waals surface area contributed by atoms with Crippen molar-refractivity contribution in [2.45, 2.75) is 0 Å². The number of rotatable bonds is 2. The summed E-state index contributed by atoms with van der Waals surface area (Å²) in [7, 11) is 0.326. The van der Waals surface area contributed by atoms with E-state index >= 15 is 0 Å². The number of hydrogen-bond acceptors (Lipinski definition) is 3. The molecular formula is C9H13NO5P+. The minimum Gasteiger partial charge on any atom is -0.497 e. The van der Waals surface area contributed by atoms with Crippen LogP contribution in [0, 0.1) is 0 Å². The van der Waals surface area contributed by atoms with Crippen LogP contribution >= 0.6 is 8.25 Å². The summed E-state index contributed by atoms with van der Waals surface area (Å²) in [6.07, 6.45) is 0. The highest BCUT2D eigenvalue weighted by molar-refractivity contribution is 7.30. The fraction of sp³-hybridized carbons (Fsp3) is 0.222. The Bertz CT molecular complexity index is 347. The highest BCUT2D eigenvalue weighted by Crippen LogP contribution is 2.10. The van der Waals surface area contributed by atoms with E-state index < -0.39 is 8.25 Å². The highest BCUT2D eigenvalue weighted by atomic mass is 31.1. The lowest BCUT2D eigenvalue weighted by Crippen LogP contribution is -2.17. The summed E-state index contributed by atoms with van der Waals surface area (Å²) >= 11 is 0. The third-order valence-electron chi connectivity index (χ3n) is 1.58. The molecule has 0 atom stereocenters. The quantitative estimate of drug-likeness (QED) is 0.667. The number of carbonyl (C=O) groups excluding carboxylic acids is 1.